The van der Waals surface area contributed by atoms with Gasteiger partial charge in [0.2, 0.25) is 0 Å². The molecule has 0 fully saturated rings. The minimum atomic E-state index is -3.07. The Morgan fingerprint density at radius 2 is 2.30 bits per heavy atom. The standard InChI is InChI=1S/C7H10O2S/c1-2-10(8,9)7-5-3-4-6-7/h2,5H,1,3-4,6H2. The van der Waals surface area contributed by atoms with Gasteiger partial charge in [-0.05, 0) is 19.3 Å². The lowest BCUT2D eigenvalue weighted by atomic mass is 10.4. The number of sulfone groups is 1. The second-order valence-corrected chi connectivity index (χ2v) is 4.22. The summed E-state index contributed by atoms with van der Waals surface area (Å²) in [6.45, 7) is 3.25. The minimum absolute atomic E-state index is 0.544. The van der Waals surface area contributed by atoms with Crippen LogP contribution >= 0.6 is 0 Å². The van der Waals surface area contributed by atoms with Crippen LogP contribution in [0, 0.1) is 0 Å². The predicted octanol–water partition coefficient (Wildman–Crippen LogP) is 1.61. The molecule has 0 aliphatic heterocycles. The van der Waals surface area contributed by atoms with Crippen LogP contribution in [0.3, 0.4) is 0 Å². The molecule has 0 atom stereocenters. The second kappa shape index (κ2) is 2.58. The van der Waals surface area contributed by atoms with Gasteiger partial charge in [-0.2, -0.15) is 0 Å². The molecule has 0 amide bonds. The molecule has 1 aliphatic rings. The summed E-state index contributed by atoms with van der Waals surface area (Å²) in [5.74, 6) is 0. The Hall–Kier alpha value is -0.570. The van der Waals surface area contributed by atoms with Crippen LogP contribution in [0.4, 0.5) is 0 Å². The lowest BCUT2D eigenvalue weighted by Crippen LogP contribution is -1.95. The van der Waals surface area contributed by atoms with Crippen LogP contribution in [0.25, 0.3) is 0 Å². The number of hydrogen-bond donors (Lipinski definition) is 0. The Labute approximate surface area is 61.2 Å². The Kier molecular flexibility index (Phi) is 1.94. The van der Waals surface area contributed by atoms with Crippen molar-refractivity contribution in [3.63, 3.8) is 0 Å². The highest BCUT2D eigenvalue weighted by atomic mass is 32.2. The molecule has 10 heavy (non-hydrogen) atoms. The molecule has 1 rings (SSSR count). The molecule has 0 heterocycles. The zero-order chi connectivity index (χ0) is 7.61. The molecule has 0 bridgehead atoms. The summed E-state index contributed by atoms with van der Waals surface area (Å²) in [5, 5.41) is 1.02. The van der Waals surface area contributed by atoms with Gasteiger partial charge < -0.3 is 0 Å². The van der Waals surface area contributed by atoms with Crippen molar-refractivity contribution in [1.82, 2.24) is 0 Å². The summed E-state index contributed by atoms with van der Waals surface area (Å²) in [6.07, 6.45) is 4.32. The third-order valence-electron chi connectivity index (χ3n) is 1.58. The quantitative estimate of drug-likeness (QED) is 0.612. The van der Waals surface area contributed by atoms with Crippen LogP contribution in [0.1, 0.15) is 19.3 Å². The first-order valence-corrected chi connectivity index (χ1v) is 4.78. The van der Waals surface area contributed by atoms with Crippen molar-refractivity contribution in [2.75, 3.05) is 0 Å². The normalized spacial score (nSPS) is 18.6. The molecule has 56 valence electrons. The maximum Gasteiger partial charge on any atom is 0.195 e. The van der Waals surface area contributed by atoms with Crippen molar-refractivity contribution in [2.24, 2.45) is 0 Å². The maximum absolute atomic E-state index is 11.0. The van der Waals surface area contributed by atoms with E-state index in [9.17, 15) is 8.42 Å². The van der Waals surface area contributed by atoms with Gasteiger partial charge in [0, 0.05) is 10.3 Å². The molecular weight excluding hydrogens is 148 g/mol. The first-order valence-electron chi connectivity index (χ1n) is 3.23. The average Bonchev–Trinajstić information content (AvgIpc) is 2.38. The van der Waals surface area contributed by atoms with Crippen LogP contribution in [0.15, 0.2) is 23.0 Å². The average molecular weight is 158 g/mol. The van der Waals surface area contributed by atoms with E-state index in [0.29, 0.717) is 11.3 Å². The molecule has 0 saturated carbocycles. The molecule has 0 N–H and O–H groups in total. The van der Waals surface area contributed by atoms with Gasteiger partial charge in [0.25, 0.3) is 0 Å². The molecular formula is C7H10O2S. The molecule has 2 nitrogen and oxygen atoms in total. The lowest BCUT2D eigenvalue weighted by molar-refractivity contribution is 0.609. The fourth-order valence-corrected chi connectivity index (χ4v) is 2.00. The van der Waals surface area contributed by atoms with E-state index in [-0.39, 0.29) is 0 Å². The van der Waals surface area contributed by atoms with E-state index in [0.717, 1.165) is 18.2 Å². The molecule has 1 aliphatic carbocycles. The van der Waals surface area contributed by atoms with Crippen molar-refractivity contribution in [1.29, 1.82) is 0 Å². The summed E-state index contributed by atoms with van der Waals surface area (Å²) in [5.41, 5.74) is 0. The third-order valence-corrected chi connectivity index (χ3v) is 3.12. The van der Waals surface area contributed by atoms with E-state index in [1.165, 1.54) is 0 Å². The van der Waals surface area contributed by atoms with Gasteiger partial charge in [0.05, 0.1) is 0 Å². The van der Waals surface area contributed by atoms with E-state index in [2.05, 4.69) is 6.58 Å². The summed E-state index contributed by atoms with van der Waals surface area (Å²) in [7, 11) is -3.07. The molecule has 0 saturated heterocycles. The highest BCUT2D eigenvalue weighted by Gasteiger charge is 2.15. The van der Waals surface area contributed by atoms with Gasteiger partial charge in [-0.1, -0.05) is 12.7 Å². The van der Waals surface area contributed by atoms with E-state index in [1.54, 1.807) is 6.08 Å². The first kappa shape index (κ1) is 7.54. The zero-order valence-corrected chi connectivity index (χ0v) is 6.52. The summed E-state index contributed by atoms with van der Waals surface area (Å²) >= 11 is 0. The second-order valence-electron chi connectivity index (χ2n) is 2.27. The molecule has 0 aromatic heterocycles. The predicted molar refractivity (Wildman–Crippen MR) is 41.1 cm³/mol. The molecule has 0 unspecified atom stereocenters. The van der Waals surface area contributed by atoms with Gasteiger partial charge in [-0.3, -0.25) is 0 Å². The van der Waals surface area contributed by atoms with Crippen molar-refractivity contribution >= 4 is 9.84 Å². The van der Waals surface area contributed by atoms with Gasteiger partial charge in [-0.25, -0.2) is 8.42 Å². The lowest BCUT2D eigenvalue weighted by Gasteiger charge is -1.95. The smallest absolute Gasteiger partial charge is 0.195 e. The molecule has 0 aromatic carbocycles. The Balaban J connectivity index is 2.93. The van der Waals surface area contributed by atoms with Gasteiger partial charge in [0.15, 0.2) is 9.84 Å². The molecule has 0 spiro atoms. The number of rotatable bonds is 2. The van der Waals surface area contributed by atoms with Crippen molar-refractivity contribution in [2.45, 2.75) is 19.3 Å². The highest BCUT2D eigenvalue weighted by Crippen LogP contribution is 2.23. The van der Waals surface area contributed by atoms with Crippen LogP contribution < -0.4 is 0 Å². The highest BCUT2D eigenvalue weighted by molar-refractivity contribution is 7.98. The fraction of sp³-hybridized carbons (Fsp3) is 0.429. The van der Waals surface area contributed by atoms with Crippen molar-refractivity contribution < 1.29 is 8.42 Å². The van der Waals surface area contributed by atoms with Crippen LogP contribution in [0.2, 0.25) is 0 Å². The zero-order valence-electron chi connectivity index (χ0n) is 5.71. The Morgan fingerprint density at radius 1 is 1.60 bits per heavy atom. The first-order chi connectivity index (χ1) is 4.67. The summed E-state index contributed by atoms with van der Waals surface area (Å²) < 4.78 is 22.0. The van der Waals surface area contributed by atoms with Gasteiger partial charge in [-0.15, -0.1) is 0 Å². The largest absolute Gasteiger partial charge is 0.220 e. The fourth-order valence-electron chi connectivity index (χ4n) is 1.01. The maximum atomic E-state index is 11.0. The Morgan fingerprint density at radius 3 is 2.70 bits per heavy atom. The summed E-state index contributed by atoms with van der Waals surface area (Å²) in [4.78, 5) is 0.544. The van der Waals surface area contributed by atoms with E-state index in [4.69, 9.17) is 0 Å². The molecule has 0 aromatic rings. The molecule has 3 heteroatoms. The third kappa shape index (κ3) is 1.29. The van der Waals surface area contributed by atoms with Crippen molar-refractivity contribution in [3.8, 4) is 0 Å². The Bertz CT molecular complexity index is 259. The minimum Gasteiger partial charge on any atom is -0.220 e. The van der Waals surface area contributed by atoms with Gasteiger partial charge >= 0.3 is 0 Å². The summed E-state index contributed by atoms with van der Waals surface area (Å²) in [6, 6.07) is 0. The van der Waals surface area contributed by atoms with E-state index < -0.39 is 9.84 Å². The van der Waals surface area contributed by atoms with Gasteiger partial charge in [0.1, 0.15) is 0 Å². The van der Waals surface area contributed by atoms with Crippen LogP contribution in [-0.2, 0) is 9.84 Å². The van der Waals surface area contributed by atoms with Crippen LogP contribution in [-0.4, -0.2) is 8.42 Å². The monoisotopic (exact) mass is 158 g/mol. The number of allylic oxidation sites excluding steroid dienone is 2. The SMILES string of the molecule is C=CS(=O)(=O)C1=CCCC1. The molecule has 0 radical (unpaired) electrons. The topological polar surface area (TPSA) is 34.1 Å². The van der Waals surface area contributed by atoms with Crippen LogP contribution in [0.5, 0.6) is 0 Å². The van der Waals surface area contributed by atoms with Crippen molar-refractivity contribution in [3.05, 3.63) is 23.0 Å². The van der Waals surface area contributed by atoms with E-state index >= 15 is 0 Å². The number of hydrogen-bond acceptors (Lipinski definition) is 2. The van der Waals surface area contributed by atoms with E-state index in [1.807, 2.05) is 0 Å².